The van der Waals surface area contributed by atoms with Crippen LogP contribution in [-0.4, -0.2) is 42.0 Å². The number of nitrogens with two attached hydrogens (primary N) is 1. The lowest BCUT2D eigenvalue weighted by Gasteiger charge is -2.43. The molecule has 138 valence electrons. The van der Waals surface area contributed by atoms with Crippen molar-refractivity contribution in [3.8, 4) is 0 Å². The highest BCUT2D eigenvalue weighted by molar-refractivity contribution is 5.76. The first-order valence-electron chi connectivity index (χ1n) is 9.14. The summed E-state index contributed by atoms with van der Waals surface area (Å²) in [4.78, 5) is 20.7. The molecule has 3 rings (SSSR count). The zero-order valence-corrected chi connectivity index (χ0v) is 16.1. The SMILES string of the molecule is Cc1cc(C)c(C)c(N2CCN(CC(N)=O)C(c3ccccn3)C2)c1C. The van der Waals surface area contributed by atoms with Gasteiger partial charge in [0.25, 0.3) is 0 Å². The lowest BCUT2D eigenvalue weighted by Crippen LogP contribution is -2.51. The van der Waals surface area contributed by atoms with Crippen LogP contribution in [0.2, 0.25) is 0 Å². The average Bonchev–Trinajstić information content (AvgIpc) is 2.61. The van der Waals surface area contributed by atoms with Crippen LogP contribution in [-0.2, 0) is 4.79 Å². The number of anilines is 1. The second kappa shape index (κ2) is 7.46. The van der Waals surface area contributed by atoms with Crippen LogP contribution < -0.4 is 10.6 Å². The molecule has 2 N–H and O–H groups in total. The van der Waals surface area contributed by atoms with Crippen LogP contribution in [0.5, 0.6) is 0 Å². The van der Waals surface area contributed by atoms with E-state index in [9.17, 15) is 4.79 Å². The van der Waals surface area contributed by atoms with E-state index >= 15 is 0 Å². The lowest BCUT2D eigenvalue weighted by molar-refractivity contribution is -0.119. The molecule has 0 bridgehead atoms. The van der Waals surface area contributed by atoms with Gasteiger partial charge in [-0.15, -0.1) is 0 Å². The molecule has 0 saturated carbocycles. The van der Waals surface area contributed by atoms with Crippen LogP contribution in [0.3, 0.4) is 0 Å². The molecular weight excluding hydrogens is 324 g/mol. The minimum absolute atomic E-state index is 0.0528. The number of hydrogen-bond donors (Lipinski definition) is 1. The van der Waals surface area contributed by atoms with E-state index in [0.717, 1.165) is 25.3 Å². The molecule has 1 amide bonds. The van der Waals surface area contributed by atoms with Gasteiger partial charge in [-0.1, -0.05) is 12.1 Å². The first kappa shape index (κ1) is 18.4. The standard InChI is InChI=1S/C21H28N4O/c1-14-11-15(2)17(4)21(16(14)3)25-10-9-24(13-20(22)26)19(12-25)18-7-5-6-8-23-18/h5-8,11,19H,9-10,12-13H2,1-4H3,(H2,22,26). The van der Waals surface area contributed by atoms with Gasteiger partial charge in [-0.25, -0.2) is 0 Å². The zero-order chi connectivity index (χ0) is 18.8. The molecule has 5 nitrogen and oxygen atoms in total. The van der Waals surface area contributed by atoms with Crippen molar-refractivity contribution in [2.75, 3.05) is 31.1 Å². The van der Waals surface area contributed by atoms with Gasteiger partial charge < -0.3 is 10.6 Å². The first-order valence-corrected chi connectivity index (χ1v) is 9.14. The fourth-order valence-electron chi connectivity index (χ4n) is 3.94. The fraction of sp³-hybridized carbons (Fsp3) is 0.429. The molecule has 1 aliphatic rings. The van der Waals surface area contributed by atoms with E-state index in [-0.39, 0.29) is 18.5 Å². The Bertz CT molecular complexity index is 777. The van der Waals surface area contributed by atoms with Crippen LogP contribution in [0.4, 0.5) is 5.69 Å². The molecule has 1 aromatic heterocycles. The normalized spacial score (nSPS) is 18.2. The topological polar surface area (TPSA) is 62.5 Å². The van der Waals surface area contributed by atoms with Crippen molar-refractivity contribution < 1.29 is 4.79 Å². The Morgan fingerprint density at radius 3 is 2.42 bits per heavy atom. The summed E-state index contributed by atoms with van der Waals surface area (Å²) in [6.45, 7) is 11.5. The molecule has 1 fully saturated rings. The Morgan fingerprint density at radius 1 is 1.15 bits per heavy atom. The van der Waals surface area contributed by atoms with Crippen LogP contribution in [0.15, 0.2) is 30.5 Å². The van der Waals surface area contributed by atoms with E-state index in [2.05, 4.69) is 48.5 Å². The van der Waals surface area contributed by atoms with E-state index in [1.807, 2.05) is 24.4 Å². The molecule has 1 atom stereocenters. The second-order valence-electron chi connectivity index (χ2n) is 7.26. The number of aryl methyl sites for hydroxylation is 2. The van der Waals surface area contributed by atoms with E-state index in [1.165, 1.54) is 27.9 Å². The molecule has 0 aliphatic carbocycles. The maximum absolute atomic E-state index is 11.5. The highest BCUT2D eigenvalue weighted by atomic mass is 16.1. The minimum Gasteiger partial charge on any atom is -0.369 e. The van der Waals surface area contributed by atoms with Crippen molar-refractivity contribution in [2.24, 2.45) is 5.73 Å². The Kier molecular flexibility index (Phi) is 5.28. The summed E-state index contributed by atoms with van der Waals surface area (Å²) >= 11 is 0. The summed E-state index contributed by atoms with van der Waals surface area (Å²) in [6.07, 6.45) is 1.81. The predicted molar refractivity (Wildman–Crippen MR) is 105 cm³/mol. The maximum Gasteiger partial charge on any atom is 0.231 e. The molecule has 1 unspecified atom stereocenters. The molecule has 1 aliphatic heterocycles. The summed E-state index contributed by atoms with van der Waals surface area (Å²) in [5.74, 6) is -0.293. The number of amides is 1. The van der Waals surface area contributed by atoms with E-state index < -0.39 is 0 Å². The largest absolute Gasteiger partial charge is 0.369 e. The predicted octanol–water partition coefficient (Wildman–Crippen LogP) is 2.66. The highest BCUT2D eigenvalue weighted by Gasteiger charge is 2.31. The van der Waals surface area contributed by atoms with Gasteiger partial charge in [-0.2, -0.15) is 0 Å². The van der Waals surface area contributed by atoms with Crippen molar-refractivity contribution in [1.29, 1.82) is 0 Å². The highest BCUT2D eigenvalue weighted by Crippen LogP contribution is 2.34. The molecule has 2 heterocycles. The van der Waals surface area contributed by atoms with Gasteiger partial charge in [-0.05, 0) is 62.1 Å². The average molecular weight is 352 g/mol. The van der Waals surface area contributed by atoms with E-state index in [1.54, 1.807) is 0 Å². The second-order valence-corrected chi connectivity index (χ2v) is 7.26. The number of aromatic nitrogens is 1. The van der Waals surface area contributed by atoms with Crippen LogP contribution in [0.25, 0.3) is 0 Å². The monoisotopic (exact) mass is 352 g/mol. The molecule has 0 spiro atoms. The van der Waals surface area contributed by atoms with Crippen molar-refractivity contribution >= 4 is 11.6 Å². The number of nitrogens with zero attached hydrogens (tertiary/aromatic N) is 3. The third-order valence-electron chi connectivity index (χ3n) is 5.52. The molecule has 1 aromatic carbocycles. The maximum atomic E-state index is 11.5. The Labute approximate surface area is 155 Å². The Morgan fingerprint density at radius 2 is 1.85 bits per heavy atom. The van der Waals surface area contributed by atoms with Crippen LogP contribution in [0.1, 0.15) is 34.0 Å². The summed E-state index contributed by atoms with van der Waals surface area (Å²) in [5, 5.41) is 0. The molecule has 0 radical (unpaired) electrons. The number of primary amides is 1. The summed E-state index contributed by atoms with van der Waals surface area (Å²) in [7, 11) is 0. The van der Waals surface area contributed by atoms with Gasteiger partial charge in [0.2, 0.25) is 5.91 Å². The Hall–Kier alpha value is -2.40. The molecule has 5 heteroatoms. The number of pyridine rings is 1. The number of carbonyl (C=O) groups excluding carboxylic acids is 1. The quantitative estimate of drug-likeness (QED) is 0.919. The summed E-state index contributed by atoms with van der Waals surface area (Å²) in [6, 6.07) is 8.26. The molecule has 2 aromatic rings. The van der Waals surface area contributed by atoms with E-state index in [4.69, 9.17) is 5.73 Å². The summed E-state index contributed by atoms with van der Waals surface area (Å²) < 4.78 is 0. The number of carbonyl (C=O) groups is 1. The van der Waals surface area contributed by atoms with Gasteiger partial charge in [-0.3, -0.25) is 14.7 Å². The van der Waals surface area contributed by atoms with Crippen LogP contribution >= 0.6 is 0 Å². The third kappa shape index (κ3) is 3.58. The van der Waals surface area contributed by atoms with Gasteiger partial charge in [0.1, 0.15) is 0 Å². The van der Waals surface area contributed by atoms with Crippen molar-refractivity contribution in [3.63, 3.8) is 0 Å². The Balaban J connectivity index is 1.97. The van der Waals surface area contributed by atoms with Crippen LogP contribution in [0, 0.1) is 27.7 Å². The minimum atomic E-state index is -0.293. The van der Waals surface area contributed by atoms with Crippen molar-refractivity contribution in [2.45, 2.75) is 33.7 Å². The van der Waals surface area contributed by atoms with Gasteiger partial charge in [0, 0.05) is 31.5 Å². The number of hydrogen-bond acceptors (Lipinski definition) is 4. The fourth-order valence-corrected chi connectivity index (χ4v) is 3.94. The van der Waals surface area contributed by atoms with Gasteiger partial charge in [0.15, 0.2) is 0 Å². The number of rotatable bonds is 4. The summed E-state index contributed by atoms with van der Waals surface area (Å²) in [5.41, 5.74) is 13.1. The van der Waals surface area contributed by atoms with Gasteiger partial charge in [0.05, 0.1) is 18.3 Å². The molecule has 1 saturated heterocycles. The molecular formula is C21H28N4O. The third-order valence-corrected chi connectivity index (χ3v) is 5.52. The smallest absolute Gasteiger partial charge is 0.231 e. The molecule has 26 heavy (non-hydrogen) atoms. The first-order chi connectivity index (χ1) is 12.4. The van der Waals surface area contributed by atoms with Crippen molar-refractivity contribution in [1.82, 2.24) is 9.88 Å². The van der Waals surface area contributed by atoms with Gasteiger partial charge >= 0.3 is 0 Å². The van der Waals surface area contributed by atoms with Crippen molar-refractivity contribution in [3.05, 3.63) is 58.4 Å². The number of benzene rings is 1. The zero-order valence-electron chi connectivity index (χ0n) is 16.1. The number of piperazine rings is 1. The lowest BCUT2D eigenvalue weighted by atomic mass is 9.96. The van der Waals surface area contributed by atoms with E-state index in [0.29, 0.717) is 0 Å².